The summed E-state index contributed by atoms with van der Waals surface area (Å²) in [7, 11) is 2.21. The minimum absolute atomic E-state index is 0.119. The Hall–Kier alpha value is -1.08. The van der Waals surface area contributed by atoms with Crippen LogP contribution in [-0.4, -0.2) is 78.5 Å². The molecule has 0 atom stereocenters. The summed E-state index contributed by atoms with van der Waals surface area (Å²) in [5.74, 6) is 0.828. The zero-order valence-electron chi connectivity index (χ0n) is 15.0. The molecular weight excluding hydrogens is 334 g/mol. The van der Waals surface area contributed by atoms with Gasteiger partial charge < -0.3 is 15.3 Å². The van der Waals surface area contributed by atoms with E-state index >= 15 is 0 Å². The number of amides is 1. The molecule has 2 N–H and O–H groups in total. The molecule has 2 aliphatic heterocycles. The summed E-state index contributed by atoms with van der Waals surface area (Å²) in [6, 6.07) is 7.81. The summed E-state index contributed by atoms with van der Waals surface area (Å²) in [5.41, 5.74) is 0.885. The van der Waals surface area contributed by atoms with Crippen molar-refractivity contribution in [3.63, 3.8) is 0 Å². The smallest absolute Gasteiger partial charge is 0.253 e. The maximum absolute atomic E-state index is 13.1. The van der Waals surface area contributed by atoms with Crippen LogP contribution in [0.2, 0.25) is 0 Å². The number of rotatable bonds is 4. The van der Waals surface area contributed by atoms with Gasteiger partial charge >= 0.3 is 0 Å². The fourth-order valence-corrected chi connectivity index (χ4v) is 4.59. The van der Waals surface area contributed by atoms with Gasteiger partial charge in [-0.1, -0.05) is 0 Å². The van der Waals surface area contributed by atoms with Crippen LogP contribution in [0, 0.1) is 0 Å². The first kappa shape index (κ1) is 18.7. The predicted molar refractivity (Wildman–Crippen MR) is 102 cm³/mol. The van der Waals surface area contributed by atoms with E-state index in [-0.39, 0.29) is 18.1 Å². The van der Waals surface area contributed by atoms with Gasteiger partial charge in [0.1, 0.15) is 0 Å². The highest BCUT2D eigenvalue weighted by atomic mass is 32.2. The Kier molecular flexibility index (Phi) is 6.39. The highest BCUT2D eigenvalue weighted by molar-refractivity contribution is 7.99. The van der Waals surface area contributed by atoms with Crippen molar-refractivity contribution in [3.05, 3.63) is 29.8 Å². The fourth-order valence-electron chi connectivity index (χ4n) is 3.94. The van der Waals surface area contributed by atoms with Crippen molar-refractivity contribution in [2.24, 2.45) is 0 Å². The van der Waals surface area contributed by atoms with Crippen molar-refractivity contribution in [1.82, 2.24) is 15.1 Å². The molecule has 2 heterocycles. The number of hydrogen-bond donors (Lipinski definition) is 2. The summed E-state index contributed by atoms with van der Waals surface area (Å²) < 4.78 is 0. The third kappa shape index (κ3) is 4.37. The summed E-state index contributed by atoms with van der Waals surface area (Å²) in [5, 5.41) is 12.4. The van der Waals surface area contributed by atoms with E-state index in [1.54, 1.807) is 11.8 Å². The number of aliphatic hydroxyl groups excluding tert-OH is 1. The number of piperidine rings is 1. The molecule has 0 radical (unpaired) electrons. The zero-order chi connectivity index (χ0) is 17.7. The Morgan fingerprint density at radius 2 is 1.96 bits per heavy atom. The number of carbonyl (C=O) groups is 1. The Morgan fingerprint density at radius 1 is 1.24 bits per heavy atom. The van der Waals surface area contributed by atoms with Crippen molar-refractivity contribution >= 4 is 17.7 Å². The Bertz CT molecular complexity index is 573. The van der Waals surface area contributed by atoms with Crippen LogP contribution < -0.4 is 5.32 Å². The lowest BCUT2D eigenvalue weighted by Crippen LogP contribution is -2.58. The summed E-state index contributed by atoms with van der Waals surface area (Å²) in [6.45, 7) is 4.95. The molecule has 2 fully saturated rings. The number of hydrogen-bond acceptors (Lipinski definition) is 5. The van der Waals surface area contributed by atoms with E-state index in [0.717, 1.165) is 62.4 Å². The quantitative estimate of drug-likeness (QED) is 0.797. The molecule has 1 spiro atoms. The van der Waals surface area contributed by atoms with E-state index in [9.17, 15) is 4.79 Å². The number of nitrogens with zero attached hydrogens (tertiary/aromatic N) is 2. The normalized spacial score (nSPS) is 21.3. The van der Waals surface area contributed by atoms with E-state index in [2.05, 4.69) is 22.2 Å². The molecule has 0 aliphatic carbocycles. The largest absolute Gasteiger partial charge is 0.396 e. The monoisotopic (exact) mass is 363 g/mol. The van der Waals surface area contributed by atoms with E-state index in [1.165, 1.54) is 0 Å². The van der Waals surface area contributed by atoms with Crippen molar-refractivity contribution < 1.29 is 9.90 Å². The third-order valence-corrected chi connectivity index (χ3v) is 6.49. The molecule has 0 aromatic heterocycles. The van der Waals surface area contributed by atoms with E-state index < -0.39 is 0 Å². The number of aliphatic hydroxyl groups is 1. The van der Waals surface area contributed by atoms with Crippen LogP contribution in [0.4, 0.5) is 0 Å². The van der Waals surface area contributed by atoms with Crippen LogP contribution in [0.15, 0.2) is 29.2 Å². The van der Waals surface area contributed by atoms with E-state index in [1.807, 2.05) is 24.3 Å². The molecule has 3 rings (SSSR count). The highest BCUT2D eigenvalue weighted by Crippen LogP contribution is 2.29. The fraction of sp³-hybridized carbons (Fsp3) is 0.632. The van der Waals surface area contributed by atoms with E-state index in [0.29, 0.717) is 5.75 Å². The summed E-state index contributed by atoms with van der Waals surface area (Å²) in [4.78, 5) is 18.7. The van der Waals surface area contributed by atoms with Gasteiger partial charge in [0, 0.05) is 41.4 Å². The lowest BCUT2D eigenvalue weighted by molar-refractivity contribution is 0.0507. The van der Waals surface area contributed by atoms with Gasteiger partial charge in [-0.05, 0) is 63.7 Å². The molecule has 5 nitrogen and oxygen atoms in total. The predicted octanol–water partition coefficient (Wildman–Crippen LogP) is 1.67. The molecular formula is C19H29N3O2S. The Labute approximate surface area is 154 Å². The molecule has 2 aliphatic rings. The molecule has 2 saturated heterocycles. The first-order valence-electron chi connectivity index (χ1n) is 9.20. The maximum Gasteiger partial charge on any atom is 0.253 e. The van der Waals surface area contributed by atoms with Crippen LogP contribution in [0.5, 0.6) is 0 Å². The van der Waals surface area contributed by atoms with Crippen LogP contribution in [0.3, 0.4) is 0 Å². The van der Waals surface area contributed by atoms with Gasteiger partial charge in [0.05, 0.1) is 6.61 Å². The average Bonchev–Trinajstić information content (AvgIpc) is 2.80. The Morgan fingerprint density at radius 3 is 2.64 bits per heavy atom. The van der Waals surface area contributed by atoms with Crippen LogP contribution in [0.1, 0.15) is 29.6 Å². The second kappa shape index (κ2) is 8.54. The van der Waals surface area contributed by atoms with Crippen molar-refractivity contribution in [3.8, 4) is 0 Å². The summed E-state index contributed by atoms with van der Waals surface area (Å²) >= 11 is 1.61. The third-order valence-electron chi connectivity index (χ3n) is 5.50. The van der Waals surface area contributed by atoms with Crippen LogP contribution in [0.25, 0.3) is 0 Å². The topological polar surface area (TPSA) is 55.8 Å². The summed E-state index contributed by atoms with van der Waals surface area (Å²) in [6.07, 6.45) is 3.23. The van der Waals surface area contributed by atoms with Crippen molar-refractivity contribution in [2.45, 2.75) is 29.7 Å². The molecule has 1 aromatic carbocycles. The van der Waals surface area contributed by atoms with Gasteiger partial charge in [0.15, 0.2) is 0 Å². The number of nitrogens with one attached hydrogen (secondary N) is 1. The standard InChI is InChI=1S/C19H29N3O2S/c1-21-11-2-12-22(15-19(21)7-9-20-10-8-19)18(24)16-3-5-17(6-4-16)25-14-13-23/h3-6,20,23H,2,7-15H2,1H3. The molecule has 1 aromatic rings. The highest BCUT2D eigenvalue weighted by Gasteiger charge is 2.40. The van der Waals surface area contributed by atoms with E-state index in [4.69, 9.17) is 5.11 Å². The van der Waals surface area contributed by atoms with Gasteiger partial charge in [-0.15, -0.1) is 11.8 Å². The second-order valence-corrected chi connectivity index (χ2v) is 8.24. The van der Waals surface area contributed by atoms with Crippen LogP contribution in [-0.2, 0) is 0 Å². The SMILES string of the molecule is CN1CCCN(C(=O)c2ccc(SCCO)cc2)CC12CCNCC2. The molecule has 0 bridgehead atoms. The number of carbonyl (C=O) groups excluding carboxylic acids is 1. The molecule has 25 heavy (non-hydrogen) atoms. The first-order valence-corrected chi connectivity index (χ1v) is 10.2. The molecule has 138 valence electrons. The number of benzene rings is 1. The molecule has 6 heteroatoms. The van der Waals surface area contributed by atoms with Gasteiger partial charge in [0.2, 0.25) is 0 Å². The first-order chi connectivity index (χ1) is 12.1. The zero-order valence-corrected chi connectivity index (χ0v) is 15.9. The van der Waals surface area contributed by atoms with Gasteiger partial charge in [0.25, 0.3) is 5.91 Å². The van der Waals surface area contributed by atoms with Crippen molar-refractivity contribution in [1.29, 1.82) is 0 Å². The van der Waals surface area contributed by atoms with Gasteiger partial charge in [-0.2, -0.15) is 0 Å². The van der Waals surface area contributed by atoms with Crippen LogP contribution >= 0.6 is 11.8 Å². The number of likely N-dealkylation sites (N-methyl/N-ethyl adjacent to an activating group) is 1. The average molecular weight is 364 g/mol. The Balaban J connectivity index is 1.72. The lowest BCUT2D eigenvalue weighted by Gasteiger charge is -2.45. The number of thioether (sulfide) groups is 1. The minimum atomic E-state index is 0.119. The minimum Gasteiger partial charge on any atom is -0.396 e. The maximum atomic E-state index is 13.1. The van der Waals surface area contributed by atoms with Crippen molar-refractivity contribution in [2.75, 3.05) is 52.1 Å². The molecule has 0 unspecified atom stereocenters. The lowest BCUT2D eigenvalue weighted by atomic mass is 9.86. The molecule has 1 amide bonds. The van der Waals surface area contributed by atoms with Gasteiger partial charge in [-0.25, -0.2) is 0 Å². The van der Waals surface area contributed by atoms with Gasteiger partial charge in [-0.3, -0.25) is 9.69 Å². The molecule has 0 saturated carbocycles. The second-order valence-electron chi connectivity index (χ2n) is 7.07.